The first-order valence-electron chi connectivity index (χ1n) is 10.6. The molecule has 0 saturated carbocycles. The molecule has 1 unspecified atom stereocenters. The third-order valence-electron chi connectivity index (χ3n) is 5.16. The topological polar surface area (TPSA) is 132 Å². The second-order valence-corrected chi connectivity index (χ2v) is 9.00. The van der Waals surface area contributed by atoms with E-state index in [1.807, 2.05) is 19.9 Å². The number of thioether (sulfide) groups is 1. The molecule has 0 bridgehead atoms. The van der Waals surface area contributed by atoms with Crippen molar-refractivity contribution in [2.24, 2.45) is 13.0 Å². The fourth-order valence-electron chi connectivity index (χ4n) is 3.28. The maximum Gasteiger partial charge on any atom is 0.269 e. The van der Waals surface area contributed by atoms with Crippen molar-refractivity contribution in [3.8, 4) is 0 Å². The molecule has 2 aromatic carbocycles. The van der Waals surface area contributed by atoms with Crippen LogP contribution in [-0.2, 0) is 11.8 Å². The molecule has 11 heteroatoms. The van der Waals surface area contributed by atoms with Crippen molar-refractivity contribution in [2.45, 2.75) is 32.0 Å². The number of rotatable bonds is 9. The average molecular weight is 483 g/mol. The quantitative estimate of drug-likeness (QED) is 0.269. The van der Waals surface area contributed by atoms with E-state index in [2.05, 4.69) is 20.8 Å². The Hall–Kier alpha value is -3.73. The number of nitrogens with one attached hydrogen (secondary N) is 2. The van der Waals surface area contributed by atoms with Crippen LogP contribution in [0.25, 0.3) is 0 Å². The second kappa shape index (κ2) is 10.9. The number of benzene rings is 2. The molecule has 1 heterocycles. The van der Waals surface area contributed by atoms with Gasteiger partial charge in [-0.2, -0.15) is 0 Å². The normalized spacial score (nSPS) is 11.8. The largest absolute Gasteiger partial charge is 0.342 e. The van der Waals surface area contributed by atoms with E-state index in [0.29, 0.717) is 27.8 Å². The van der Waals surface area contributed by atoms with Crippen molar-refractivity contribution < 1.29 is 14.5 Å². The van der Waals surface area contributed by atoms with Crippen molar-refractivity contribution in [3.05, 3.63) is 75.6 Å². The molecule has 34 heavy (non-hydrogen) atoms. The summed E-state index contributed by atoms with van der Waals surface area (Å²) in [4.78, 5) is 35.5. The van der Waals surface area contributed by atoms with Crippen LogP contribution in [0.1, 0.15) is 41.6 Å². The molecule has 0 aliphatic heterocycles. The SMILES string of the molecule is Cc1cc([N+](=O)[O-])ccc1NC(=O)CSc1nnc(C(NC(=O)c2ccccc2)C(C)C)n1C. The third-order valence-corrected chi connectivity index (χ3v) is 6.18. The van der Waals surface area contributed by atoms with Gasteiger partial charge in [0.2, 0.25) is 5.91 Å². The van der Waals surface area contributed by atoms with Gasteiger partial charge in [-0.05, 0) is 36.6 Å². The summed E-state index contributed by atoms with van der Waals surface area (Å²) in [5.41, 5.74) is 1.64. The number of carbonyl (C=O) groups excluding carboxylic acids is 2. The lowest BCUT2D eigenvalue weighted by Gasteiger charge is -2.21. The molecule has 2 N–H and O–H groups in total. The van der Waals surface area contributed by atoms with Gasteiger partial charge in [0.1, 0.15) is 0 Å². The van der Waals surface area contributed by atoms with E-state index < -0.39 is 4.92 Å². The minimum absolute atomic E-state index is 0.0319. The Labute approximate surface area is 201 Å². The number of aromatic nitrogens is 3. The van der Waals surface area contributed by atoms with Crippen molar-refractivity contribution in [1.82, 2.24) is 20.1 Å². The van der Waals surface area contributed by atoms with Gasteiger partial charge < -0.3 is 15.2 Å². The van der Waals surface area contributed by atoms with E-state index >= 15 is 0 Å². The van der Waals surface area contributed by atoms with E-state index in [4.69, 9.17) is 0 Å². The predicted molar refractivity (Wildman–Crippen MR) is 130 cm³/mol. The van der Waals surface area contributed by atoms with Crippen LogP contribution in [0.5, 0.6) is 0 Å². The number of nitro groups is 1. The Morgan fingerprint density at radius 3 is 2.47 bits per heavy atom. The number of non-ortho nitro benzene ring substituents is 1. The first-order chi connectivity index (χ1) is 16.2. The highest BCUT2D eigenvalue weighted by Gasteiger charge is 2.25. The van der Waals surface area contributed by atoms with Crippen molar-refractivity contribution in [2.75, 3.05) is 11.1 Å². The lowest BCUT2D eigenvalue weighted by molar-refractivity contribution is -0.384. The van der Waals surface area contributed by atoms with Crippen LogP contribution in [-0.4, -0.2) is 37.3 Å². The average Bonchev–Trinajstić information content (AvgIpc) is 3.17. The van der Waals surface area contributed by atoms with Crippen molar-refractivity contribution in [1.29, 1.82) is 0 Å². The summed E-state index contributed by atoms with van der Waals surface area (Å²) in [5, 5.41) is 25.7. The molecular weight excluding hydrogens is 456 g/mol. The lowest BCUT2D eigenvalue weighted by atomic mass is 10.0. The smallest absolute Gasteiger partial charge is 0.269 e. The number of hydrogen-bond donors (Lipinski definition) is 2. The van der Waals surface area contributed by atoms with Gasteiger partial charge in [0.25, 0.3) is 11.6 Å². The molecule has 3 aromatic rings. The number of nitro benzene ring substituents is 1. The summed E-state index contributed by atoms with van der Waals surface area (Å²) in [6.07, 6.45) is 0. The number of aryl methyl sites for hydroxylation is 1. The minimum atomic E-state index is -0.479. The standard InChI is InChI=1S/C23H26N6O4S/c1-14(2)20(25-22(31)16-8-6-5-7-9-16)21-26-27-23(28(21)4)34-13-19(30)24-18-11-10-17(29(32)33)12-15(18)3/h5-12,14,20H,13H2,1-4H3,(H,24,30)(H,25,31). The van der Waals surface area contributed by atoms with Crippen LogP contribution in [0.4, 0.5) is 11.4 Å². The van der Waals surface area contributed by atoms with Crippen LogP contribution in [0, 0.1) is 23.0 Å². The molecule has 0 saturated heterocycles. The molecule has 0 spiro atoms. The molecule has 3 rings (SSSR count). The number of carbonyl (C=O) groups is 2. The monoisotopic (exact) mass is 482 g/mol. The Bertz CT molecular complexity index is 1200. The van der Waals surface area contributed by atoms with Crippen LogP contribution in [0.2, 0.25) is 0 Å². The molecule has 0 aliphatic rings. The summed E-state index contributed by atoms with van der Waals surface area (Å²) in [6.45, 7) is 5.66. The predicted octanol–water partition coefficient (Wildman–Crippen LogP) is 3.89. The molecule has 178 valence electrons. The van der Waals surface area contributed by atoms with Crippen LogP contribution >= 0.6 is 11.8 Å². The van der Waals surface area contributed by atoms with E-state index in [1.165, 1.54) is 30.0 Å². The highest BCUT2D eigenvalue weighted by molar-refractivity contribution is 7.99. The Morgan fingerprint density at radius 2 is 1.85 bits per heavy atom. The Kier molecular flexibility index (Phi) is 8.00. The van der Waals surface area contributed by atoms with Gasteiger partial charge in [-0.15, -0.1) is 10.2 Å². The number of anilines is 1. The fourth-order valence-corrected chi connectivity index (χ4v) is 4.00. The molecule has 1 aromatic heterocycles. The summed E-state index contributed by atoms with van der Waals surface area (Å²) < 4.78 is 1.77. The summed E-state index contributed by atoms with van der Waals surface area (Å²) >= 11 is 1.21. The summed E-state index contributed by atoms with van der Waals surface area (Å²) in [5.74, 6) is 0.249. The van der Waals surface area contributed by atoms with Gasteiger partial charge in [-0.1, -0.05) is 43.8 Å². The van der Waals surface area contributed by atoms with E-state index in [0.717, 1.165) is 0 Å². The van der Waals surface area contributed by atoms with Gasteiger partial charge >= 0.3 is 0 Å². The summed E-state index contributed by atoms with van der Waals surface area (Å²) in [6, 6.07) is 12.9. The lowest BCUT2D eigenvalue weighted by Crippen LogP contribution is -2.33. The molecule has 0 fully saturated rings. The molecule has 1 atom stereocenters. The molecule has 2 amide bonds. The zero-order valence-electron chi connectivity index (χ0n) is 19.3. The van der Waals surface area contributed by atoms with Gasteiger partial charge in [-0.25, -0.2) is 0 Å². The van der Waals surface area contributed by atoms with Crippen LogP contribution < -0.4 is 10.6 Å². The van der Waals surface area contributed by atoms with Gasteiger partial charge in [0.05, 0.1) is 16.7 Å². The first kappa shape index (κ1) is 24.9. The zero-order valence-corrected chi connectivity index (χ0v) is 20.1. The third kappa shape index (κ3) is 5.98. The Morgan fingerprint density at radius 1 is 1.15 bits per heavy atom. The molecule has 0 radical (unpaired) electrons. The minimum Gasteiger partial charge on any atom is -0.342 e. The fraction of sp³-hybridized carbons (Fsp3) is 0.304. The highest BCUT2D eigenvalue weighted by Crippen LogP contribution is 2.25. The zero-order chi connectivity index (χ0) is 24.8. The molecule has 0 aliphatic carbocycles. The summed E-state index contributed by atoms with van der Waals surface area (Å²) in [7, 11) is 1.79. The highest BCUT2D eigenvalue weighted by atomic mass is 32.2. The number of amides is 2. The van der Waals surface area contributed by atoms with Crippen LogP contribution in [0.3, 0.4) is 0 Å². The van der Waals surface area contributed by atoms with Gasteiger partial charge in [-0.3, -0.25) is 19.7 Å². The molecule has 10 nitrogen and oxygen atoms in total. The molecular formula is C23H26N6O4S. The van der Waals surface area contributed by atoms with Crippen LogP contribution in [0.15, 0.2) is 53.7 Å². The van der Waals surface area contributed by atoms with E-state index in [-0.39, 0.29) is 35.2 Å². The van der Waals surface area contributed by atoms with Gasteiger partial charge in [0, 0.05) is 30.4 Å². The first-order valence-corrected chi connectivity index (χ1v) is 11.6. The van der Waals surface area contributed by atoms with E-state index in [9.17, 15) is 19.7 Å². The maximum absolute atomic E-state index is 12.7. The van der Waals surface area contributed by atoms with Gasteiger partial charge in [0.15, 0.2) is 11.0 Å². The Balaban J connectivity index is 1.65. The van der Waals surface area contributed by atoms with Crippen molar-refractivity contribution >= 4 is 35.0 Å². The second-order valence-electron chi connectivity index (χ2n) is 8.05. The number of nitrogens with zero attached hydrogens (tertiary/aromatic N) is 4. The number of hydrogen-bond acceptors (Lipinski definition) is 7. The maximum atomic E-state index is 12.7. The van der Waals surface area contributed by atoms with Crippen molar-refractivity contribution in [3.63, 3.8) is 0 Å². The van der Waals surface area contributed by atoms with E-state index in [1.54, 1.807) is 42.8 Å².